The van der Waals surface area contributed by atoms with Crippen LogP contribution >= 0.6 is 0 Å². The van der Waals surface area contributed by atoms with Gasteiger partial charge in [-0.25, -0.2) is 17.5 Å². The number of rotatable bonds is 6. The topological polar surface area (TPSA) is 76.5 Å². The van der Waals surface area contributed by atoms with Crippen LogP contribution in [0, 0.1) is 19.7 Å². The van der Waals surface area contributed by atoms with Gasteiger partial charge in [0.1, 0.15) is 10.7 Å². The third-order valence-electron chi connectivity index (χ3n) is 4.92. The summed E-state index contributed by atoms with van der Waals surface area (Å²) < 4.78 is 48.8. The zero-order valence-electron chi connectivity index (χ0n) is 15.8. The number of benzene rings is 1. The summed E-state index contributed by atoms with van der Waals surface area (Å²) in [6, 6.07) is 5.98. The van der Waals surface area contributed by atoms with Gasteiger partial charge in [-0.1, -0.05) is 12.1 Å². The Morgan fingerprint density at radius 2 is 1.85 bits per heavy atom. The van der Waals surface area contributed by atoms with Crippen LogP contribution in [0.15, 0.2) is 29.2 Å². The van der Waals surface area contributed by atoms with Gasteiger partial charge in [-0.15, -0.1) is 0 Å². The Morgan fingerprint density at radius 3 is 2.41 bits per heavy atom. The van der Waals surface area contributed by atoms with Gasteiger partial charge >= 0.3 is 0 Å². The summed E-state index contributed by atoms with van der Waals surface area (Å²) in [5.74, 6) is -0.318. The van der Waals surface area contributed by atoms with Gasteiger partial charge < -0.3 is 4.74 Å². The molecule has 3 rings (SSSR count). The van der Waals surface area contributed by atoms with E-state index in [1.165, 1.54) is 12.1 Å². The molecule has 2 heterocycles. The fourth-order valence-corrected chi connectivity index (χ4v) is 4.91. The van der Waals surface area contributed by atoms with Gasteiger partial charge in [-0.05, 0) is 31.5 Å². The Morgan fingerprint density at radius 1 is 1.22 bits per heavy atom. The largest absolute Gasteiger partial charge is 0.379 e. The number of aryl methyl sites for hydroxylation is 2. The van der Waals surface area contributed by atoms with E-state index in [0.29, 0.717) is 37.7 Å². The molecule has 9 heteroatoms. The smallest absolute Gasteiger partial charge is 0.244 e. The van der Waals surface area contributed by atoms with E-state index in [1.54, 1.807) is 37.7 Å². The Balaban J connectivity index is 1.84. The van der Waals surface area contributed by atoms with Crippen LogP contribution in [0.25, 0.3) is 0 Å². The number of halogens is 1. The second kappa shape index (κ2) is 8.05. The molecule has 7 nitrogen and oxygen atoms in total. The normalized spacial score (nSPS) is 17.2. The first kappa shape index (κ1) is 19.9. The van der Waals surface area contributed by atoms with Gasteiger partial charge in [0.2, 0.25) is 10.0 Å². The predicted octanol–water partition coefficient (Wildman–Crippen LogP) is 1.53. The van der Waals surface area contributed by atoms with E-state index in [2.05, 4.69) is 14.7 Å². The van der Waals surface area contributed by atoms with Crippen molar-refractivity contribution in [3.8, 4) is 0 Å². The van der Waals surface area contributed by atoms with E-state index < -0.39 is 10.0 Å². The minimum absolute atomic E-state index is 0.182. The van der Waals surface area contributed by atoms with Crippen LogP contribution < -0.4 is 4.72 Å². The lowest BCUT2D eigenvalue weighted by molar-refractivity contribution is 0.0172. The molecule has 0 amide bonds. The van der Waals surface area contributed by atoms with E-state index in [4.69, 9.17) is 4.74 Å². The van der Waals surface area contributed by atoms with Crippen molar-refractivity contribution in [2.75, 3.05) is 32.8 Å². The number of nitrogens with zero attached hydrogens (tertiary/aromatic N) is 3. The highest BCUT2D eigenvalue weighted by atomic mass is 32.2. The Hall–Kier alpha value is -1.81. The maximum Gasteiger partial charge on any atom is 0.244 e. The van der Waals surface area contributed by atoms with Crippen LogP contribution in [0.2, 0.25) is 0 Å². The lowest BCUT2D eigenvalue weighted by atomic mass is 10.0. The standard InChI is InChI=1S/C18H25FN4O3S/c1-13-18(14(2)22(3)21-13)27(24,25)20-12-17(23-8-10-26-11-9-23)15-4-6-16(19)7-5-15/h4-7,17,20H,8-12H2,1-3H3. The molecule has 1 saturated heterocycles. The van der Waals surface area contributed by atoms with Crippen molar-refractivity contribution in [1.29, 1.82) is 0 Å². The van der Waals surface area contributed by atoms with Crippen LogP contribution in [0.3, 0.4) is 0 Å². The molecule has 1 N–H and O–H groups in total. The predicted molar refractivity (Wildman–Crippen MR) is 99.4 cm³/mol. The summed E-state index contributed by atoms with van der Waals surface area (Å²) in [5.41, 5.74) is 1.91. The third kappa shape index (κ3) is 4.37. The summed E-state index contributed by atoms with van der Waals surface area (Å²) in [7, 11) is -2.00. The number of nitrogens with one attached hydrogen (secondary N) is 1. The average Bonchev–Trinajstić information content (AvgIpc) is 2.90. The quantitative estimate of drug-likeness (QED) is 0.801. The summed E-state index contributed by atoms with van der Waals surface area (Å²) >= 11 is 0. The lowest BCUT2D eigenvalue weighted by Crippen LogP contribution is -2.43. The summed E-state index contributed by atoms with van der Waals surface area (Å²) in [4.78, 5) is 2.37. The van der Waals surface area contributed by atoms with Crippen LogP contribution in [0.4, 0.5) is 4.39 Å². The Labute approximate surface area is 159 Å². The molecule has 1 fully saturated rings. The maximum absolute atomic E-state index is 13.3. The first-order chi connectivity index (χ1) is 12.8. The zero-order chi connectivity index (χ0) is 19.6. The second-order valence-electron chi connectivity index (χ2n) is 6.69. The molecule has 1 aromatic carbocycles. The van der Waals surface area contributed by atoms with Gasteiger partial charge in [0.05, 0.1) is 24.6 Å². The molecule has 0 spiro atoms. The number of ether oxygens (including phenoxy) is 1. The van der Waals surface area contributed by atoms with E-state index in [1.807, 2.05) is 0 Å². The van der Waals surface area contributed by atoms with Crippen molar-refractivity contribution in [2.24, 2.45) is 7.05 Å². The number of hydrogen-bond donors (Lipinski definition) is 1. The van der Waals surface area contributed by atoms with Crippen LogP contribution in [0.5, 0.6) is 0 Å². The van der Waals surface area contributed by atoms with Crippen molar-refractivity contribution in [3.05, 3.63) is 47.0 Å². The molecule has 1 atom stereocenters. The van der Waals surface area contributed by atoms with E-state index >= 15 is 0 Å². The van der Waals surface area contributed by atoms with Gasteiger partial charge in [-0.3, -0.25) is 9.58 Å². The van der Waals surface area contributed by atoms with Crippen LogP contribution in [-0.4, -0.2) is 55.9 Å². The third-order valence-corrected chi connectivity index (χ3v) is 6.59. The van der Waals surface area contributed by atoms with Crippen molar-refractivity contribution < 1.29 is 17.5 Å². The van der Waals surface area contributed by atoms with Crippen molar-refractivity contribution in [1.82, 2.24) is 19.4 Å². The van der Waals surface area contributed by atoms with Crippen LogP contribution in [0.1, 0.15) is 23.0 Å². The average molecular weight is 396 g/mol. The number of sulfonamides is 1. The molecule has 148 valence electrons. The maximum atomic E-state index is 13.3. The van der Waals surface area contributed by atoms with E-state index in [-0.39, 0.29) is 23.3 Å². The van der Waals surface area contributed by atoms with Gasteiger partial charge in [0, 0.05) is 32.7 Å². The fourth-order valence-electron chi connectivity index (χ4n) is 3.44. The number of hydrogen-bond acceptors (Lipinski definition) is 5. The van der Waals surface area contributed by atoms with Crippen molar-refractivity contribution in [3.63, 3.8) is 0 Å². The molecule has 1 aromatic heterocycles. The Kier molecular flexibility index (Phi) is 5.95. The van der Waals surface area contributed by atoms with Gasteiger partial charge in [0.15, 0.2) is 0 Å². The van der Waals surface area contributed by atoms with Crippen molar-refractivity contribution in [2.45, 2.75) is 24.8 Å². The minimum Gasteiger partial charge on any atom is -0.379 e. The highest BCUT2D eigenvalue weighted by Gasteiger charge is 2.28. The highest BCUT2D eigenvalue weighted by Crippen LogP contribution is 2.24. The first-order valence-electron chi connectivity index (χ1n) is 8.86. The van der Waals surface area contributed by atoms with Crippen molar-refractivity contribution >= 4 is 10.0 Å². The minimum atomic E-state index is -3.72. The number of aromatic nitrogens is 2. The SMILES string of the molecule is Cc1nn(C)c(C)c1S(=O)(=O)NCC(c1ccc(F)cc1)N1CCOCC1. The molecule has 0 saturated carbocycles. The molecule has 2 aromatic rings. The molecule has 1 aliphatic rings. The van der Waals surface area contributed by atoms with E-state index in [0.717, 1.165) is 5.56 Å². The monoisotopic (exact) mass is 396 g/mol. The molecule has 0 aliphatic carbocycles. The highest BCUT2D eigenvalue weighted by molar-refractivity contribution is 7.89. The number of morpholine rings is 1. The van der Waals surface area contributed by atoms with Gasteiger partial charge in [-0.2, -0.15) is 5.10 Å². The van der Waals surface area contributed by atoms with Crippen LogP contribution in [-0.2, 0) is 21.8 Å². The second-order valence-corrected chi connectivity index (χ2v) is 8.39. The first-order valence-corrected chi connectivity index (χ1v) is 10.3. The molecule has 0 bridgehead atoms. The zero-order valence-corrected chi connectivity index (χ0v) is 16.6. The van der Waals surface area contributed by atoms with Gasteiger partial charge in [0.25, 0.3) is 0 Å². The summed E-state index contributed by atoms with van der Waals surface area (Å²) in [6.45, 7) is 6.15. The summed E-state index contributed by atoms with van der Waals surface area (Å²) in [5, 5.41) is 4.19. The fraction of sp³-hybridized carbons (Fsp3) is 0.500. The molecule has 0 radical (unpaired) electrons. The molecule has 27 heavy (non-hydrogen) atoms. The molecule has 1 unspecified atom stereocenters. The molecular weight excluding hydrogens is 371 g/mol. The van der Waals surface area contributed by atoms with E-state index in [9.17, 15) is 12.8 Å². The molecule has 1 aliphatic heterocycles. The Bertz CT molecular complexity index is 890. The molecular formula is C18H25FN4O3S. The lowest BCUT2D eigenvalue weighted by Gasteiger charge is -2.34. The summed E-state index contributed by atoms with van der Waals surface area (Å²) in [6.07, 6.45) is 0.